The topological polar surface area (TPSA) is 36.4 Å². The maximum absolute atomic E-state index is 12.9. The summed E-state index contributed by atoms with van der Waals surface area (Å²) in [6.45, 7) is 3.93. The first-order valence-corrected chi connectivity index (χ1v) is 8.86. The lowest BCUT2D eigenvalue weighted by Crippen LogP contribution is -2.42. The van der Waals surface area contributed by atoms with E-state index in [1.165, 1.54) is 17.7 Å². The molecule has 0 radical (unpaired) electrons. The van der Waals surface area contributed by atoms with Crippen molar-refractivity contribution in [3.8, 4) is 0 Å². The summed E-state index contributed by atoms with van der Waals surface area (Å²) in [5, 5.41) is 0. The number of rotatable bonds is 2. The number of piperidine rings is 1. The third-order valence-corrected chi connectivity index (χ3v) is 5.22. The molecule has 2 aromatic rings. The number of para-hydroxylation sites is 1. The Morgan fingerprint density at radius 2 is 2.04 bits per heavy atom. The zero-order valence-electron chi connectivity index (χ0n) is 14.1. The van der Waals surface area contributed by atoms with Crippen LogP contribution in [0.1, 0.15) is 42.1 Å². The maximum Gasteiger partial charge on any atom is 0.254 e. The number of nitrogens with zero attached hydrogens (tertiary/aromatic N) is 3. The van der Waals surface area contributed by atoms with Crippen molar-refractivity contribution in [1.29, 1.82) is 0 Å². The van der Waals surface area contributed by atoms with Crippen molar-refractivity contribution in [1.82, 2.24) is 9.88 Å². The Labute approximate surface area is 143 Å². The molecule has 1 aromatic heterocycles. The van der Waals surface area contributed by atoms with E-state index in [0.717, 1.165) is 43.7 Å². The number of hydrogen-bond acceptors (Lipinski definition) is 3. The van der Waals surface area contributed by atoms with Crippen LogP contribution in [-0.4, -0.2) is 34.9 Å². The van der Waals surface area contributed by atoms with E-state index in [-0.39, 0.29) is 5.91 Å². The molecule has 1 unspecified atom stereocenters. The van der Waals surface area contributed by atoms with Gasteiger partial charge in [-0.25, -0.2) is 4.98 Å². The molecule has 0 aliphatic carbocycles. The van der Waals surface area contributed by atoms with Crippen molar-refractivity contribution in [2.24, 2.45) is 0 Å². The fourth-order valence-corrected chi connectivity index (χ4v) is 3.84. The molecule has 4 nitrogen and oxygen atoms in total. The monoisotopic (exact) mass is 321 g/mol. The Morgan fingerprint density at radius 3 is 2.92 bits per heavy atom. The van der Waals surface area contributed by atoms with E-state index in [1.807, 2.05) is 17.0 Å². The summed E-state index contributed by atoms with van der Waals surface area (Å²) in [5.74, 6) is 1.01. The van der Waals surface area contributed by atoms with E-state index < -0.39 is 0 Å². The van der Waals surface area contributed by atoms with E-state index in [2.05, 4.69) is 41.1 Å². The van der Waals surface area contributed by atoms with Gasteiger partial charge in [0.15, 0.2) is 0 Å². The maximum atomic E-state index is 12.9. The fraction of sp³-hybridized carbons (Fsp3) is 0.400. The van der Waals surface area contributed by atoms with Crippen molar-refractivity contribution >= 4 is 17.4 Å². The molecular weight excluding hydrogens is 298 g/mol. The molecule has 4 heteroatoms. The van der Waals surface area contributed by atoms with E-state index in [9.17, 15) is 4.79 Å². The van der Waals surface area contributed by atoms with Crippen LogP contribution in [0, 0.1) is 0 Å². The number of carbonyl (C=O) groups is 1. The van der Waals surface area contributed by atoms with Gasteiger partial charge in [-0.15, -0.1) is 0 Å². The molecule has 24 heavy (non-hydrogen) atoms. The standard InChI is InChI=1S/C20H23N3O/c1-15-6-4-5-12-22(15)20(24)17-9-11-21-19(14-17)23-13-10-16-7-2-3-8-18(16)23/h2-3,7-9,11,14-15H,4-6,10,12-13H2,1H3. The predicted octanol–water partition coefficient (Wildman–Crippen LogP) is 3.79. The van der Waals surface area contributed by atoms with Crippen LogP contribution in [0.3, 0.4) is 0 Å². The number of pyridine rings is 1. The van der Waals surface area contributed by atoms with E-state index in [1.54, 1.807) is 6.20 Å². The van der Waals surface area contributed by atoms with Crippen molar-refractivity contribution in [2.75, 3.05) is 18.0 Å². The number of anilines is 2. The normalized spacial score (nSPS) is 20.1. The molecule has 0 saturated carbocycles. The molecule has 0 spiro atoms. The second kappa shape index (κ2) is 6.27. The van der Waals surface area contributed by atoms with Crippen LogP contribution in [0.5, 0.6) is 0 Å². The highest BCUT2D eigenvalue weighted by atomic mass is 16.2. The molecular formula is C20H23N3O. The lowest BCUT2D eigenvalue weighted by Gasteiger charge is -2.33. The first-order valence-electron chi connectivity index (χ1n) is 8.86. The summed E-state index contributed by atoms with van der Waals surface area (Å²) in [6, 6.07) is 12.6. The largest absolute Gasteiger partial charge is 0.336 e. The van der Waals surface area contributed by atoms with Gasteiger partial charge in [0.25, 0.3) is 5.91 Å². The van der Waals surface area contributed by atoms with Crippen LogP contribution in [0.15, 0.2) is 42.6 Å². The molecule has 0 bridgehead atoms. The van der Waals surface area contributed by atoms with Gasteiger partial charge >= 0.3 is 0 Å². The van der Waals surface area contributed by atoms with Crippen LogP contribution in [0.4, 0.5) is 11.5 Å². The van der Waals surface area contributed by atoms with Crippen LogP contribution < -0.4 is 4.90 Å². The Kier molecular flexibility index (Phi) is 3.97. The smallest absolute Gasteiger partial charge is 0.254 e. The van der Waals surface area contributed by atoms with Gasteiger partial charge in [0, 0.05) is 36.6 Å². The predicted molar refractivity (Wildman–Crippen MR) is 95.7 cm³/mol. The van der Waals surface area contributed by atoms with E-state index in [0.29, 0.717) is 6.04 Å². The quantitative estimate of drug-likeness (QED) is 0.844. The molecule has 4 rings (SSSR count). The Morgan fingerprint density at radius 1 is 1.17 bits per heavy atom. The van der Waals surface area contributed by atoms with Gasteiger partial charge in [0.1, 0.15) is 5.82 Å². The van der Waals surface area contributed by atoms with Gasteiger partial charge in [-0.05, 0) is 56.4 Å². The highest BCUT2D eigenvalue weighted by Crippen LogP contribution is 2.33. The van der Waals surface area contributed by atoms with Crippen LogP contribution in [0.25, 0.3) is 0 Å². The summed E-state index contributed by atoms with van der Waals surface area (Å²) in [4.78, 5) is 21.7. The summed E-state index contributed by atoms with van der Waals surface area (Å²) < 4.78 is 0. The molecule has 2 aliphatic heterocycles. The summed E-state index contributed by atoms with van der Waals surface area (Å²) >= 11 is 0. The number of likely N-dealkylation sites (tertiary alicyclic amines) is 1. The first-order chi connectivity index (χ1) is 11.7. The van der Waals surface area contributed by atoms with Gasteiger partial charge in [0.05, 0.1) is 0 Å². The highest BCUT2D eigenvalue weighted by Gasteiger charge is 2.26. The Bertz CT molecular complexity index is 758. The number of fused-ring (bicyclic) bond motifs is 1. The molecule has 124 valence electrons. The number of hydrogen-bond donors (Lipinski definition) is 0. The van der Waals surface area contributed by atoms with Crippen molar-refractivity contribution in [3.05, 3.63) is 53.7 Å². The minimum Gasteiger partial charge on any atom is -0.336 e. The Hall–Kier alpha value is -2.36. The molecule has 1 atom stereocenters. The number of amides is 1. The molecule has 2 aliphatic rings. The van der Waals surface area contributed by atoms with Crippen molar-refractivity contribution in [3.63, 3.8) is 0 Å². The van der Waals surface area contributed by atoms with E-state index in [4.69, 9.17) is 0 Å². The van der Waals surface area contributed by atoms with Gasteiger partial charge in [-0.2, -0.15) is 0 Å². The Balaban J connectivity index is 1.62. The zero-order chi connectivity index (χ0) is 16.5. The van der Waals surface area contributed by atoms with Crippen molar-refractivity contribution < 1.29 is 4.79 Å². The second-order valence-corrected chi connectivity index (χ2v) is 6.78. The average molecular weight is 321 g/mol. The van der Waals surface area contributed by atoms with Crippen LogP contribution in [0.2, 0.25) is 0 Å². The number of carbonyl (C=O) groups excluding carboxylic acids is 1. The summed E-state index contributed by atoms with van der Waals surface area (Å²) in [6.07, 6.45) is 6.21. The molecule has 1 amide bonds. The minimum absolute atomic E-state index is 0.137. The summed E-state index contributed by atoms with van der Waals surface area (Å²) in [7, 11) is 0. The van der Waals surface area contributed by atoms with Gasteiger partial charge in [-0.3, -0.25) is 4.79 Å². The molecule has 1 fully saturated rings. The average Bonchev–Trinajstić information content (AvgIpc) is 3.06. The van der Waals surface area contributed by atoms with Crippen LogP contribution in [-0.2, 0) is 6.42 Å². The summed E-state index contributed by atoms with van der Waals surface area (Å²) in [5.41, 5.74) is 3.31. The SMILES string of the molecule is CC1CCCCN1C(=O)c1ccnc(N2CCc3ccccc32)c1. The first kappa shape index (κ1) is 15.2. The van der Waals surface area contributed by atoms with Gasteiger partial charge < -0.3 is 9.80 Å². The van der Waals surface area contributed by atoms with Gasteiger partial charge in [0.2, 0.25) is 0 Å². The van der Waals surface area contributed by atoms with Crippen molar-refractivity contribution in [2.45, 2.75) is 38.6 Å². The third-order valence-electron chi connectivity index (χ3n) is 5.22. The van der Waals surface area contributed by atoms with Crippen LogP contribution >= 0.6 is 0 Å². The minimum atomic E-state index is 0.137. The lowest BCUT2D eigenvalue weighted by molar-refractivity contribution is 0.0635. The lowest BCUT2D eigenvalue weighted by atomic mass is 10.0. The van der Waals surface area contributed by atoms with Gasteiger partial charge in [-0.1, -0.05) is 18.2 Å². The number of aromatic nitrogens is 1. The zero-order valence-corrected chi connectivity index (χ0v) is 14.1. The number of benzene rings is 1. The molecule has 1 aromatic carbocycles. The van der Waals surface area contributed by atoms with E-state index >= 15 is 0 Å². The molecule has 3 heterocycles. The molecule has 0 N–H and O–H groups in total. The third kappa shape index (κ3) is 2.66. The second-order valence-electron chi connectivity index (χ2n) is 6.78. The highest BCUT2D eigenvalue weighted by molar-refractivity contribution is 5.95. The fourth-order valence-electron chi connectivity index (χ4n) is 3.84. The molecule has 1 saturated heterocycles.